The summed E-state index contributed by atoms with van der Waals surface area (Å²) in [6.45, 7) is 2.34. The molecule has 5 nitrogen and oxygen atoms in total. The van der Waals surface area contributed by atoms with Gasteiger partial charge in [0.25, 0.3) is 0 Å². The van der Waals surface area contributed by atoms with E-state index in [0.717, 1.165) is 0 Å². The van der Waals surface area contributed by atoms with E-state index < -0.39 is 10.0 Å². The molecule has 2 aromatic carbocycles. The summed E-state index contributed by atoms with van der Waals surface area (Å²) in [4.78, 5) is 3.78. The fourth-order valence-corrected chi connectivity index (χ4v) is 5.00. The van der Waals surface area contributed by atoms with E-state index in [1.807, 2.05) is 12.1 Å². The van der Waals surface area contributed by atoms with E-state index in [0.29, 0.717) is 36.8 Å². The summed E-state index contributed by atoms with van der Waals surface area (Å²) in [6.07, 6.45) is 2.06. The molecule has 0 N–H and O–H groups in total. The third-order valence-corrected chi connectivity index (χ3v) is 7.06. The van der Waals surface area contributed by atoms with Crippen LogP contribution in [-0.4, -0.2) is 52.3 Å². The predicted octanol–water partition coefficient (Wildman–Crippen LogP) is 2.93. The molecule has 3 rings (SSSR count). The van der Waals surface area contributed by atoms with Crippen LogP contribution in [0.3, 0.4) is 0 Å². The minimum Gasteiger partial charge on any atom is -0.497 e. The molecule has 0 spiro atoms. The van der Waals surface area contributed by atoms with Crippen LogP contribution in [0.2, 0.25) is 0 Å². The highest BCUT2D eigenvalue weighted by molar-refractivity contribution is 7.98. The molecule has 1 aliphatic heterocycles. The van der Waals surface area contributed by atoms with Crippen molar-refractivity contribution < 1.29 is 13.2 Å². The summed E-state index contributed by atoms with van der Waals surface area (Å²) in [6, 6.07) is 14.8. The molecule has 134 valence electrons. The molecule has 0 bridgehead atoms. The van der Waals surface area contributed by atoms with Crippen LogP contribution < -0.4 is 9.64 Å². The lowest BCUT2D eigenvalue weighted by Crippen LogP contribution is -2.48. The fourth-order valence-electron chi connectivity index (χ4n) is 2.96. The van der Waals surface area contributed by atoms with Gasteiger partial charge in [0.05, 0.1) is 17.7 Å². The van der Waals surface area contributed by atoms with Gasteiger partial charge >= 0.3 is 0 Å². The Bertz CT molecular complexity index is 814. The van der Waals surface area contributed by atoms with Gasteiger partial charge in [-0.25, -0.2) is 8.42 Å². The number of hydrogen-bond acceptors (Lipinski definition) is 5. The van der Waals surface area contributed by atoms with Gasteiger partial charge in [-0.3, -0.25) is 0 Å². The Labute approximate surface area is 153 Å². The first kappa shape index (κ1) is 18.1. The molecule has 0 saturated carbocycles. The van der Waals surface area contributed by atoms with E-state index in [1.54, 1.807) is 47.4 Å². The van der Waals surface area contributed by atoms with Crippen molar-refractivity contribution in [2.45, 2.75) is 9.79 Å². The van der Waals surface area contributed by atoms with Crippen LogP contribution in [0.4, 0.5) is 5.69 Å². The molecule has 1 fully saturated rings. The van der Waals surface area contributed by atoms with Crippen LogP contribution >= 0.6 is 11.8 Å². The summed E-state index contributed by atoms with van der Waals surface area (Å²) < 4.78 is 32.3. The van der Waals surface area contributed by atoms with E-state index in [2.05, 4.69) is 23.3 Å². The van der Waals surface area contributed by atoms with Crippen molar-refractivity contribution >= 4 is 27.5 Å². The van der Waals surface area contributed by atoms with E-state index in [4.69, 9.17) is 4.74 Å². The van der Waals surface area contributed by atoms with Crippen molar-refractivity contribution in [3.8, 4) is 5.75 Å². The summed E-state index contributed by atoms with van der Waals surface area (Å²) in [5.74, 6) is 0.650. The Hall–Kier alpha value is -1.70. The normalized spacial score (nSPS) is 16.0. The fraction of sp³-hybridized carbons (Fsp3) is 0.333. The van der Waals surface area contributed by atoms with Crippen molar-refractivity contribution in [2.75, 3.05) is 44.4 Å². The zero-order valence-corrected chi connectivity index (χ0v) is 16.0. The molecule has 1 saturated heterocycles. The molecule has 0 unspecified atom stereocenters. The smallest absolute Gasteiger partial charge is 0.243 e. The summed E-state index contributed by atoms with van der Waals surface area (Å²) in [5.41, 5.74) is 1.18. The first-order valence-electron chi connectivity index (χ1n) is 8.08. The molecular weight excluding hydrogens is 356 g/mol. The number of anilines is 1. The maximum atomic E-state index is 12.8. The number of methoxy groups -OCH3 is 1. The molecule has 0 amide bonds. The molecule has 0 aromatic heterocycles. The second-order valence-corrected chi connectivity index (χ2v) is 8.52. The second kappa shape index (κ2) is 7.68. The maximum Gasteiger partial charge on any atom is 0.243 e. The number of piperazine rings is 1. The molecule has 25 heavy (non-hydrogen) atoms. The van der Waals surface area contributed by atoms with Crippen molar-refractivity contribution in [3.63, 3.8) is 0 Å². The van der Waals surface area contributed by atoms with E-state index in [-0.39, 0.29) is 0 Å². The molecule has 7 heteroatoms. The van der Waals surface area contributed by atoms with E-state index >= 15 is 0 Å². The van der Waals surface area contributed by atoms with Gasteiger partial charge in [0.15, 0.2) is 0 Å². The maximum absolute atomic E-state index is 12.8. The number of ether oxygens (including phenoxy) is 1. The lowest BCUT2D eigenvalue weighted by molar-refractivity contribution is 0.384. The number of nitrogens with zero attached hydrogens (tertiary/aromatic N) is 2. The van der Waals surface area contributed by atoms with Crippen LogP contribution in [-0.2, 0) is 10.0 Å². The topological polar surface area (TPSA) is 49.9 Å². The van der Waals surface area contributed by atoms with Gasteiger partial charge < -0.3 is 9.64 Å². The lowest BCUT2D eigenvalue weighted by Gasteiger charge is -2.36. The quantitative estimate of drug-likeness (QED) is 0.749. The molecular formula is C18H22N2O3S2. The SMILES string of the molecule is COc1ccc(S(=O)(=O)N2CCN(c3ccccc3SC)CC2)cc1. The van der Waals surface area contributed by atoms with Gasteiger partial charge in [0.2, 0.25) is 10.0 Å². The largest absolute Gasteiger partial charge is 0.497 e. The van der Waals surface area contributed by atoms with Gasteiger partial charge in [-0.2, -0.15) is 4.31 Å². The monoisotopic (exact) mass is 378 g/mol. The lowest BCUT2D eigenvalue weighted by atomic mass is 10.2. The zero-order valence-electron chi connectivity index (χ0n) is 14.4. The molecule has 0 aliphatic carbocycles. The van der Waals surface area contributed by atoms with Crippen LogP contribution in [0.25, 0.3) is 0 Å². The third kappa shape index (κ3) is 3.78. The first-order valence-corrected chi connectivity index (χ1v) is 10.7. The molecule has 2 aromatic rings. The minimum atomic E-state index is -3.46. The van der Waals surface area contributed by atoms with E-state index in [1.165, 1.54) is 10.6 Å². The van der Waals surface area contributed by atoms with Crippen LogP contribution in [0, 0.1) is 0 Å². The van der Waals surface area contributed by atoms with Gasteiger partial charge in [-0.1, -0.05) is 12.1 Å². The number of thioether (sulfide) groups is 1. The number of para-hydroxylation sites is 1. The minimum absolute atomic E-state index is 0.311. The highest BCUT2D eigenvalue weighted by Crippen LogP contribution is 2.30. The Balaban J connectivity index is 1.72. The van der Waals surface area contributed by atoms with Crippen molar-refractivity contribution in [1.82, 2.24) is 4.31 Å². The Morgan fingerprint density at radius 1 is 0.960 bits per heavy atom. The zero-order chi connectivity index (χ0) is 17.9. The number of sulfonamides is 1. The summed E-state index contributed by atoms with van der Waals surface area (Å²) >= 11 is 1.71. The Kier molecular flexibility index (Phi) is 5.56. The third-order valence-electron chi connectivity index (χ3n) is 4.36. The summed E-state index contributed by atoms with van der Waals surface area (Å²) in [7, 11) is -1.90. The van der Waals surface area contributed by atoms with Gasteiger partial charge in [0.1, 0.15) is 5.75 Å². The van der Waals surface area contributed by atoms with Crippen molar-refractivity contribution in [2.24, 2.45) is 0 Å². The second-order valence-electron chi connectivity index (χ2n) is 5.74. The Morgan fingerprint density at radius 3 is 2.20 bits per heavy atom. The van der Waals surface area contributed by atoms with Crippen molar-refractivity contribution in [3.05, 3.63) is 48.5 Å². The molecule has 0 atom stereocenters. The molecule has 1 heterocycles. The van der Waals surface area contributed by atoms with Gasteiger partial charge in [0, 0.05) is 31.1 Å². The molecule has 1 aliphatic rings. The van der Waals surface area contributed by atoms with Crippen LogP contribution in [0.1, 0.15) is 0 Å². The highest BCUT2D eigenvalue weighted by Gasteiger charge is 2.29. The van der Waals surface area contributed by atoms with Gasteiger partial charge in [-0.15, -0.1) is 11.8 Å². The highest BCUT2D eigenvalue weighted by atomic mass is 32.2. The van der Waals surface area contributed by atoms with Crippen LogP contribution in [0.5, 0.6) is 5.75 Å². The number of hydrogen-bond donors (Lipinski definition) is 0. The van der Waals surface area contributed by atoms with Gasteiger partial charge in [-0.05, 0) is 42.7 Å². The predicted molar refractivity (Wildman–Crippen MR) is 102 cm³/mol. The number of benzene rings is 2. The Morgan fingerprint density at radius 2 is 1.60 bits per heavy atom. The first-order chi connectivity index (χ1) is 12.1. The average molecular weight is 379 g/mol. The van der Waals surface area contributed by atoms with Crippen molar-refractivity contribution in [1.29, 1.82) is 0 Å². The molecule has 0 radical (unpaired) electrons. The number of rotatable bonds is 5. The van der Waals surface area contributed by atoms with Crippen LogP contribution in [0.15, 0.2) is 58.3 Å². The standard InChI is InChI=1S/C18H22N2O3S2/c1-23-15-7-9-16(10-8-15)25(21,22)20-13-11-19(12-14-20)17-5-3-4-6-18(17)24-2/h3-10H,11-14H2,1-2H3. The van der Waals surface area contributed by atoms with E-state index in [9.17, 15) is 8.42 Å². The average Bonchev–Trinajstić information content (AvgIpc) is 2.68. The summed E-state index contributed by atoms with van der Waals surface area (Å²) in [5, 5.41) is 0.